The highest BCUT2D eigenvalue weighted by Crippen LogP contribution is 2.49. The second-order valence-electron chi connectivity index (χ2n) is 6.25. The zero-order valence-corrected chi connectivity index (χ0v) is 13.6. The van der Waals surface area contributed by atoms with Gasteiger partial charge in [0.05, 0.1) is 26.4 Å². The molecule has 0 unspecified atom stereocenters. The van der Waals surface area contributed by atoms with E-state index in [2.05, 4.69) is 0 Å². The Morgan fingerprint density at radius 2 is 1.60 bits per heavy atom. The SMILES string of the molecule is COC(=O)N(C1c2ccccc2-c2ccccc21)C1(C(=O)O)COC1. The number of hydrogen-bond donors (Lipinski definition) is 1. The molecule has 6 nitrogen and oxygen atoms in total. The lowest BCUT2D eigenvalue weighted by Crippen LogP contribution is -2.69. The molecule has 1 aliphatic heterocycles. The summed E-state index contributed by atoms with van der Waals surface area (Å²) in [5.41, 5.74) is 2.35. The maximum Gasteiger partial charge on any atom is 0.411 e. The summed E-state index contributed by atoms with van der Waals surface area (Å²) < 4.78 is 10.1. The molecule has 0 spiro atoms. The fourth-order valence-electron chi connectivity index (χ4n) is 3.69. The zero-order chi connectivity index (χ0) is 17.6. The first kappa shape index (κ1) is 15.7. The number of nitrogens with zero attached hydrogens (tertiary/aromatic N) is 1. The molecule has 4 rings (SSSR count). The van der Waals surface area contributed by atoms with Crippen LogP contribution in [-0.2, 0) is 14.3 Å². The summed E-state index contributed by atoms with van der Waals surface area (Å²) in [5.74, 6) is -1.09. The largest absolute Gasteiger partial charge is 0.479 e. The minimum atomic E-state index is -1.43. The van der Waals surface area contributed by atoms with Crippen LogP contribution in [0.15, 0.2) is 48.5 Å². The molecule has 1 saturated heterocycles. The smallest absolute Gasteiger partial charge is 0.411 e. The number of fused-ring (bicyclic) bond motifs is 3. The predicted molar refractivity (Wildman–Crippen MR) is 89.2 cm³/mol. The van der Waals surface area contributed by atoms with Gasteiger partial charge in [-0.1, -0.05) is 48.5 Å². The van der Waals surface area contributed by atoms with E-state index in [1.165, 1.54) is 12.0 Å². The van der Waals surface area contributed by atoms with Crippen molar-refractivity contribution in [2.75, 3.05) is 20.3 Å². The van der Waals surface area contributed by atoms with Crippen LogP contribution in [0.25, 0.3) is 11.1 Å². The van der Waals surface area contributed by atoms with Gasteiger partial charge in [0.15, 0.2) is 5.54 Å². The highest BCUT2D eigenvalue weighted by molar-refractivity contribution is 5.88. The minimum absolute atomic E-state index is 0.0573. The number of carboxylic acid groups (broad SMARTS) is 1. The second kappa shape index (κ2) is 5.60. The summed E-state index contributed by atoms with van der Waals surface area (Å²) in [6.07, 6.45) is -0.679. The number of carboxylic acids is 1. The van der Waals surface area contributed by atoms with Gasteiger partial charge in [-0.05, 0) is 22.3 Å². The molecule has 0 atom stereocenters. The number of methoxy groups -OCH3 is 1. The molecule has 25 heavy (non-hydrogen) atoms. The maximum absolute atomic E-state index is 12.6. The molecule has 1 heterocycles. The lowest BCUT2D eigenvalue weighted by Gasteiger charge is -2.48. The van der Waals surface area contributed by atoms with Crippen molar-refractivity contribution in [3.05, 3.63) is 59.7 Å². The molecule has 0 saturated carbocycles. The van der Waals surface area contributed by atoms with Crippen LogP contribution in [0.5, 0.6) is 0 Å². The number of ether oxygens (including phenoxy) is 2. The maximum atomic E-state index is 12.6. The molecule has 6 heteroatoms. The van der Waals surface area contributed by atoms with Crippen LogP contribution in [-0.4, -0.2) is 47.9 Å². The third-order valence-corrected chi connectivity index (χ3v) is 4.97. The Kier molecular flexibility index (Phi) is 3.51. The summed E-state index contributed by atoms with van der Waals surface area (Å²) in [6, 6.07) is 14.9. The highest BCUT2D eigenvalue weighted by Gasteiger charge is 2.57. The zero-order valence-electron chi connectivity index (χ0n) is 13.6. The van der Waals surface area contributed by atoms with Crippen molar-refractivity contribution < 1.29 is 24.2 Å². The fraction of sp³-hybridized carbons (Fsp3) is 0.263. The molecule has 1 amide bonds. The van der Waals surface area contributed by atoms with E-state index in [4.69, 9.17) is 9.47 Å². The van der Waals surface area contributed by atoms with Crippen molar-refractivity contribution in [1.29, 1.82) is 0 Å². The topological polar surface area (TPSA) is 76.1 Å². The first-order valence-electron chi connectivity index (χ1n) is 7.97. The monoisotopic (exact) mass is 339 g/mol. The van der Waals surface area contributed by atoms with Crippen LogP contribution in [0.3, 0.4) is 0 Å². The molecule has 1 N–H and O–H groups in total. The number of aliphatic carboxylic acids is 1. The Labute approximate surface area is 144 Å². The normalized spacial score (nSPS) is 17.2. The van der Waals surface area contributed by atoms with Gasteiger partial charge in [0, 0.05) is 0 Å². The number of rotatable bonds is 3. The van der Waals surface area contributed by atoms with Gasteiger partial charge in [-0.3, -0.25) is 4.90 Å². The molecule has 2 aromatic rings. The highest BCUT2D eigenvalue weighted by atomic mass is 16.6. The van der Waals surface area contributed by atoms with E-state index in [0.29, 0.717) is 0 Å². The van der Waals surface area contributed by atoms with Gasteiger partial charge in [0.1, 0.15) is 0 Å². The summed E-state index contributed by atoms with van der Waals surface area (Å²) in [4.78, 5) is 26.0. The number of carbonyl (C=O) groups excluding carboxylic acids is 1. The van der Waals surface area contributed by atoms with Crippen molar-refractivity contribution in [2.45, 2.75) is 11.6 Å². The van der Waals surface area contributed by atoms with Crippen LogP contribution in [0.4, 0.5) is 4.79 Å². The van der Waals surface area contributed by atoms with Crippen molar-refractivity contribution >= 4 is 12.1 Å². The number of amides is 1. The Morgan fingerprint density at radius 3 is 2.00 bits per heavy atom. The third-order valence-electron chi connectivity index (χ3n) is 4.97. The van der Waals surface area contributed by atoms with Crippen LogP contribution in [0.1, 0.15) is 17.2 Å². The van der Waals surface area contributed by atoms with Gasteiger partial charge in [0.25, 0.3) is 0 Å². The molecule has 0 radical (unpaired) electrons. The average Bonchev–Trinajstić information content (AvgIpc) is 2.91. The number of carbonyl (C=O) groups is 2. The van der Waals surface area contributed by atoms with E-state index in [1.807, 2.05) is 48.5 Å². The first-order chi connectivity index (χ1) is 12.1. The second-order valence-corrected chi connectivity index (χ2v) is 6.25. The van der Waals surface area contributed by atoms with Crippen molar-refractivity contribution in [3.8, 4) is 11.1 Å². The van der Waals surface area contributed by atoms with E-state index >= 15 is 0 Å². The lowest BCUT2D eigenvalue weighted by molar-refractivity contribution is -0.186. The molecule has 1 fully saturated rings. The van der Waals surface area contributed by atoms with Crippen molar-refractivity contribution in [2.24, 2.45) is 0 Å². The quantitative estimate of drug-likeness (QED) is 0.930. The van der Waals surface area contributed by atoms with Crippen molar-refractivity contribution in [3.63, 3.8) is 0 Å². The van der Waals surface area contributed by atoms with E-state index in [9.17, 15) is 14.7 Å². The number of hydrogen-bond acceptors (Lipinski definition) is 4. The van der Waals surface area contributed by atoms with E-state index in [1.54, 1.807) is 0 Å². The van der Waals surface area contributed by atoms with Crippen LogP contribution < -0.4 is 0 Å². The number of benzene rings is 2. The van der Waals surface area contributed by atoms with E-state index in [-0.39, 0.29) is 13.2 Å². The molecule has 2 aromatic carbocycles. The molecule has 2 aliphatic rings. The minimum Gasteiger partial charge on any atom is -0.479 e. The van der Waals surface area contributed by atoms with Gasteiger partial charge < -0.3 is 14.6 Å². The molecule has 0 bridgehead atoms. The Balaban J connectivity index is 1.94. The Hall–Kier alpha value is -2.86. The molecule has 0 aromatic heterocycles. The Morgan fingerprint density at radius 1 is 1.08 bits per heavy atom. The molecule has 1 aliphatic carbocycles. The van der Waals surface area contributed by atoms with Crippen LogP contribution in [0.2, 0.25) is 0 Å². The van der Waals surface area contributed by atoms with Gasteiger partial charge in [-0.2, -0.15) is 0 Å². The molecular formula is C19H17NO5. The van der Waals surface area contributed by atoms with Gasteiger partial charge in [0.2, 0.25) is 0 Å². The van der Waals surface area contributed by atoms with E-state index in [0.717, 1.165) is 22.3 Å². The van der Waals surface area contributed by atoms with Gasteiger partial charge >= 0.3 is 12.1 Å². The molecular weight excluding hydrogens is 322 g/mol. The first-order valence-corrected chi connectivity index (χ1v) is 7.97. The summed E-state index contributed by atoms with van der Waals surface area (Å²) in [6.45, 7) is -0.115. The Bertz CT molecular complexity index is 813. The third kappa shape index (κ3) is 2.07. The van der Waals surface area contributed by atoms with Crippen LogP contribution in [0, 0.1) is 0 Å². The van der Waals surface area contributed by atoms with Gasteiger partial charge in [-0.15, -0.1) is 0 Å². The fourth-order valence-corrected chi connectivity index (χ4v) is 3.69. The van der Waals surface area contributed by atoms with Crippen LogP contribution >= 0.6 is 0 Å². The lowest BCUT2D eigenvalue weighted by atomic mass is 9.90. The van der Waals surface area contributed by atoms with Gasteiger partial charge in [-0.25, -0.2) is 9.59 Å². The summed E-state index contributed by atoms with van der Waals surface area (Å²) in [5, 5.41) is 9.83. The average molecular weight is 339 g/mol. The predicted octanol–water partition coefficient (Wildman–Crippen LogP) is 2.68. The summed E-state index contributed by atoms with van der Waals surface area (Å²) in [7, 11) is 1.26. The summed E-state index contributed by atoms with van der Waals surface area (Å²) >= 11 is 0. The standard InChI is InChI=1S/C19H17NO5/c1-24-18(23)20(19(17(21)22)10-25-11-19)16-14-8-4-2-6-12(14)13-7-3-5-9-15(13)16/h2-9,16H,10-11H2,1H3,(H,21,22). The van der Waals surface area contributed by atoms with Crippen molar-refractivity contribution in [1.82, 2.24) is 4.90 Å². The molecule has 128 valence electrons. The van der Waals surface area contributed by atoms with E-state index < -0.39 is 23.6 Å².